The molecule has 1 aliphatic rings. The molecule has 26 heavy (non-hydrogen) atoms. The highest BCUT2D eigenvalue weighted by Crippen LogP contribution is 2.51. The van der Waals surface area contributed by atoms with Crippen LogP contribution in [0.15, 0.2) is 59.1 Å². The molecule has 0 spiro atoms. The molecule has 0 saturated heterocycles. The number of benzene rings is 2. The Kier molecular flexibility index (Phi) is 4.31. The van der Waals surface area contributed by atoms with E-state index in [0.29, 0.717) is 11.5 Å². The fraction of sp³-hybridized carbons (Fsp3) is 0.238. The van der Waals surface area contributed by atoms with Crippen LogP contribution in [0, 0.1) is 0 Å². The standard InChI is InChI=1S/C21H19NO4/c1-24-14-25-17-9-7-16(8-10-17)19-18(15-5-3-2-4-6-15)20(26-22-19)21(13-23)11-12-21/h2-10,13H,11-12,14H2,1H3. The summed E-state index contributed by atoms with van der Waals surface area (Å²) < 4.78 is 16.0. The summed E-state index contributed by atoms with van der Waals surface area (Å²) in [5.41, 5.74) is 2.99. The minimum Gasteiger partial charge on any atom is -0.468 e. The van der Waals surface area contributed by atoms with Crippen molar-refractivity contribution in [3.05, 3.63) is 60.4 Å². The molecule has 5 nitrogen and oxygen atoms in total. The van der Waals surface area contributed by atoms with Crippen molar-refractivity contribution in [2.45, 2.75) is 18.3 Å². The Morgan fingerprint density at radius 3 is 2.42 bits per heavy atom. The predicted octanol–water partition coefficient (Wildman–Crippen LogP) is 4.22. The zero-order valence-corrected chi connectivity index (χ0v) is 14.5. The van der Waals surface area contributed by atoms with Crippen LogP contribution in [0.4, 0.5) is 0 Å². The fourth-order valence-corrected chi connectivity index (χ4v) is 3.07. The fourth-order valence-electron chi connectivity index (χ4n) is 3.07. The smallest absolute Gasteiger partial charge is 0.188 e. The second kappa shape index (κ2) is 6.77. The van der Waals surface area contributed by atoms with Gasteiger partial charge >= 0.3 is 0 Å². The van der Waals surface area contributed by atoms with E-state index >= 15 is 0 Å². The number of nitrogens with zero attached hydrogens (tertiary/aromatic N) is 1. The van der Waals surface area contributed by atoms with Crippen molar-refractivity contribution in [2.24, 2.45) is 0 Å². The van der Waals surface area contributed by atoms with E-state index in [9.17, 15) is 4.79 Å². The van der Waals surface area contributed by atoms with Crippen molar-refractivity contribution in [2.75, 3.05) is 13.9 Å². The summed E-state index contributed by atoms with van der Waals surface area (Å²) in [6.07, 6.45) is 2.59. The summed E-state index contributed by atoms with van der Waals surface area (Å²) in [6.45, 7) is 0.199. The summed E-state index contributed by atoms with van der Waals surface area (Å²) in [4.78, 5) is 11.6. The summed E-state index contributed by atoms with van der Waals surface area (Å²) in [6, 6.07) is 17.5. The van der Waals surface area contributed by atoms with Gasteiger partial charge in [0.2, 0.25) is 0 Å². The highest BCUT2D eigenvalue weighted by atomic mass is 16.7. The van der Waals surface area contributed by atoms with Gasteiger partial charge in [-0.1, -0.05) is 35.5 Å². The van der Waals surface area contributed by atoms with E-state index in [1.807, 2.05) is 54.6 Å². The molecule has 1 aliphatic carbocycles. The molecule has 5 heteroatoms. The topological polar surface area (TPSA) is 61.6 Å². The zero-order chi connectivity index (χ0) is 18.0. The molecule has 1 fully saturated rings. The first-order chi connectivity index (χ1) is 12.8. The van der Waals surface area contributed by atoms with Crippen molar-refractivity contribution >= 4 is 6.29 Å². The lowest BCUT2D eigenvalue weighted by molar-refractivity contribution is -0.110. The van der Waals surface area contributed by atoms with Gasteiger partial charge < -0.3 is 18.8 Å². The third kappa shape index (κ3) is 2.91. The third-order valence-electron chi connectivity index (χ3n) is 4.69. The molecule has 0 bridgehead atoms. The van der Waals surface area contributed by atoms with Gasteiger partial charge in [0.25, 0.3) is 0 Å². The predicted molar refractivity (Wildman–Crippen MR) is 96.9 cm³/mol. The summed E-state index contributed by atoms with van der Waals surface area (Å²) in [5, 5.41) is 4.31. The Morgan fingerprint density at radius 2 is 1.81 bits per heavy atom. The Hall–Kier alpha value is -2.92. The molecule has 132 valence electrons. The van der Waals surface area contributed by atoms with Crippen LogP contribution in [0.2, 0.25) is 0 Å². The lowest BCUT2D eigenvalue weighted by Gasteiger charge is -2.09. The number of methoxy groups -OCH3 is 1. The largest absolute Gasteiger partial charge is 0.468 e. The molecule has 0 unspecified atom stereocenters. The molecule has 0 aliphatic heterocycles. The minimum atomic E-state index is -0.530. The number of rotatable bonds is 7. The second-order valence-electron chi connectivity index (χ2n) is 6.45. The highest BCUT2D eigenvalue weighted by Gasteiger charge is 2.50. The molecule has 0 N–H and O–H groups in total. The van der Waals surface area contributed by atoms with Gasteiger partial charge in [-0.05, 0) is 42.7 Å². The van der Waals surface area contributed by atoms with Crippen molar-refractivity contribution in [3.63, 3.8) is 0 Å². The molecule has 1 saturated carbocycles. The Morgan fingerprint density at radius 1 is 1.08 bits per heavy atom. The van der Waals surface area contributed by atoms with Crippen LogP contribution < -0.4 is 4.74 Å². The number of carbonyl (C=O) groups is 1. The maximum absolute atomic E-state index is 11.6. The molecular formula is C21H19NO4. The molecular weight excluding hydrogens is 330 g/mol. The molecule has 1 aromatic heterocycles. The van der Waals surface area contributed by atoms with Gasteiger partial charge in [0.05, 0.1) is 11.0 Å². The van der Waals surface area contributed by atoms with Crippen molar-refractivity contribution in [3.8, 4) is 28.1 Å². The van der Waals surface area contributed by atoms with Crippen LogP contribution in [0.3, 0.4) is 0 Å². The Balaban J connectivity index is 1.78. The van der Waals surface area contributed by atoms with Gasteiger partial charge in [0, 0.05) is 12.7 Å². The normalized spacial score (nSPS) is 14.8. The van der Waals surface area contributed by atoms with E-state index in [0.717, 1.165) is 41.5 Å². The van der Waals surface area contributed by atoms with Crippen LogP contribution >= 0.6 is 0 Å². The third-order valence-corrected chi connectivity index (χ3v) is 4.69. The van der Waals surface area contributed by atoms with Gasteiger partial charge in [-0.2, -0.15) is 0 Å². The monoisotopic (exact) mass is 349 g/mol. The van der Waals surface area contributed by atoms with E-state index in [4.69, 9.17) is 14.0 Å². The molecule has 3 aromatic rings. The average Bonchev–Trinajstić information content (AvgIpc) is 3.38. The molecule has 0 radical (unpaired) electrons. The van der Waals surface area contributed by atoms with Crippen molar-refractivity contribution in [1.82, 2.24) is 5.16 Å². The number of ether oxygens (including phenoxy) is 2. The maximum atomic E-state index is 11.6. The van der Waals surface area contributed by atoms with E-state index in [2.05, 4.69) is 5.16 Å². The number of aromatic nitrogens is 1. The first kappa shape index (κ1) is 16.5. The van der Waals surface area contributed by atoms with E-state index in [-0.39, 0.29) is 6.79 Å². The van der Waals surface area contributed by atoms with Gasteiger partial charge in [-0.15, -0.1) is 0 Å². The lowest BCUT2D eigenvalue weighted by Crippen LogP contribution is -2.07. The van der Waals surface area contributed by atoms with E-state index in [1.165, 1.54) is 0 Å². The Labute approximate surface area is 151 Å². The zero-order valence-electron chi connectivity index (χ0n) is 14.5. The number of hydrogen-bond donors (Lipinski definition) is 0. The van der Waals surface area contributed by atoms with Gasteiger partial charge in [0.15, 0.2) is 12.6 Å². The second-order valence-corrected chi connectivity index (χ2v) is 6.45. The SMILES string of the molecule is COCOc1ccc(-c2noc(C3(C=O)CC3)c2-c2ccccc2)cc1. The number of carbonyl (C=O) groups excluding carboxylic acids is 1. The molecule has 0 amide bonds. The quantitative estimate of drug-likeness (QED) is 0.472. The van der Waals surface area contributed by atoms with Crippen molar-refractivity contribution < 1.29 is 18.8 Å². The van der Waals surface area contributed by atoms with Gasteiger partial charge in [-0.25, -0.2) is 0 Å². The van der Waals surface area contributed by atoms with Crippen LogP contribution in [0.25, 0.3) is 22.4 Å². The summed E-state index contributed by atoms with van der Waals surface area (Å²) in [5.74, 6) is 1.38. The molecule has 4 rings (SSSR count). The van der Waals surface area contributed by atoms with Crippen LogP contribution in [-0.4, -0.2) is 25.3 Å². The molecule has 2 aromatic carbocycles. The van der Waals surface area contributed by atoms with E-state index in [1.54, 1.807) is 7.11 Å². The lowest BCUT2D eigenvalue weighted by atomic mass is 9.93. The summed E-state index contributed by atoms with van der Waals surface area (Å²) >= 11 is 0. The Bertz CT molecular complexity index is 896. The van der Waals surface area contributed by atoms with Gasteiger partial charge in [-0.3, -0.25) is 0 Å². The van der Waals surface area contributed by atoms with Gasteiger partial charge in [0.1, 0.15) is 17.7 Å². The first-order valence-corrected chi connectivity index (χ1v) is 8.51. The average molecular weight is 349 g/mol. The van der Waals surface area contributed by atoms with Crippen LogP contribution in [0.1, 0.15) is 18.6 Å². The molecule has 0 atom stereocenters. The highest BCUT2D eigenvalue weighted by molar-refractivity contribution is 5.87. The summed E-state index contributed by atoms with van der Waals surface area (Å²) in [7, 11) is 1.58. The number of aldehydes is 1. The van der Waals surface area contributed by atoms with E-state index < -0.39 is 5.41 Å². The van der Waals surface area contributed by atoms with Crippen molar-refractivity contribution in [1.29, 1.82) is 0 Å². The number of hydrogen-bond acceptors (Lipinski definition) is 5. The maximum Gasteiger partial charge on any atom is 0.188 e. The van der Waals surface area contributed by atoms with Crippen LogP contribution in [-0.2, 0) is 14.9 Å². The minimum absolute atomic E-state index is 0.199. The first-order valence-electron chi connectivity index (χ1n) is 8.51. The van der Waals surface area contributed by atoms with Crippen LogP contribution in [0.5, 0.6) is 5.75 Å². The molecule has 1 heterocycles.